The van der Waals surface area contributed by atoms with Crippen LogP contribution in [0.25, 0.3) is 21.8 Å². The quantitative estimate of drug-likeness (QED) is 0.126. The van der Waals surface area contributed by atoms with Crippen molar-refractivity contribution in [2.24, 2.45) is 0 Å². The lowest BCUT2D eigenvalue weighted by Gasteiger charge is -2.24. The van der Waals surface area contributed by atoms with Crippen molar-refractivity contribution in [1.82, 2.24) is 34.7 Å². The van der Waals surface area contributed by atoms with E-state index in [1.807, 2.05) is 73.3 Å². The first-order chi connectivity index (χ1) is 23.2. The summed E-state index contributed by atoms with van der Waals surface area (Å²) in [6.45, 7) is 4.03. The van der Waals surface area contributed by atoms with Gasteiger partial charge in [-0.3, -0.25) is 29.7 Å². The van der Waals surface area contributed by atoms with E-state index in [4.69, 9.17) is 16.6 Å². The van der Waals surface area contributed by atoms with Crippen molar-refractivity contribution in [2.45, 2.75) is 39.3 Å². The molecule has 7 aromatic rings. The molecule has 2 aromatic carbocycles. The molecule has 0 spiro atoms. The van der Waals surface area contributed by atoms with Gasteiger partial charge in [-0.05, 0) is 59.7 Å². The molecule has 5 aromatic heterocycles. The van der Waals surface area contributed by atoms with E-state index in [0.717, 1.165) is 60.7 Å². The Morgan fingerprint density at radius 1 is 0.404 bits per heavy atom. The van der Waals surface area contributed by atoms with Crippen LogP contribution in [0.2, 0.25) is 5.02 Å². The highest BCUT2D eigenvalue weighted by atomic mass is 35.5. The van der Waals surface area contributed by atoms with Crippen molar-refractivity contribution in [3.8, 4) is 0 Å². The first-order valence-corrected chi connectivity index (χ1v) is 16.1. The largest absolute Gasteiger partial charge is 0.287 e. The van der Waals surface area contributed by atoms with Gasteiger partial charge in [0.1, 0.15) is 0 Å². The van der Waals surface area contributed by atoms with Crippen molar-refractivity contribution in [3.63, 3.8) is 0 Å². The Hall–Kier alpha value is -5.08. The number of hydrogen-bond acceptors (Lipinski definition) is 7. The molecule has 0 aliphatic heterocycles. The number of fused-ring (bicyclic) bond motifs is 2. The van der Waals surface area contributed by atoms with Gasteiger partial charge in [0, 0.05) is 74.8 Å². The van der Waals surface area contributed by atoms with Crippen LogP contribution in [0.4, 0.5) is 0 Å². The van der Waals surface area contributed by atoms with Gasteiger partial charge in [-0.15, -0.1) is 0 Å². The second kappa shape index (κ2) is 14.6. The van der Waals surface area contributed by atoms with Crippen LogP contribution in [-0.4, -0.2) is 34.7 Å². The van der Waals surface area contributed by atoms with Gasteiger partial charge in [0.05, 0.1) is 38.8 Å². The highest BCUT2D eigenvalue weighted by molar-refractivity contribution is 6.40. The molecule has 7 nitrogen and oxygen atoms in total. The predicted octanol–water partition coefficient (Wildman–Crippen LogP) is 8.03. The van der Waals surface area contributed by atoms with Crippen LogP contribution in [-0.2, 0) is 39.3 Å². The highest BCUT2D eigenvalue weighted by Crippen LogP contribution is 2.34. The number of halogens is 1. The fourth-order valence-electron chi connectivity index (χ4n) is 6.01. The molecule has 47 heavy (non-hydrogen) atoms. The molecular weight excluding hydrogens is 602 g/mol. The van der Waals surface area contributed by atoms with E-state index in [1.54, 1.807) is 0 Å². The van der Waals surface area contributed by atoms with Gasteiger partial charge in [-0.25, -0.2) is 4.98 Å². The fraction of sp³-hybridized carbons (Fsp3) is 0.154. The zero-order valence-corrected chi connectivity index (χ0v) is 26.7. The number of rotatable bonds is 12. The lowest BCUT2D eigenvalue weighted by atomic mass is 10.0. The monoisotopic (exact) mass is 635 g/mol. The molecule has 0 fully saturated rings. The second-order valence-corrected chi connectivity index (χ2v) is 12.0. The van der Waals surface area contributed by atoms with Gasteiger partial charge in [0.15, 0.2) is 0 Å². The van der Waals surface area contributed by atoms with E-state index >= 15 is 0 Å². The van der Waals surface area contributed by atoms with Crippen molar-refractivity contribution in [2.75, 3.05) is 0 Å². The third-order valence-corrected chi connectivity index (χ3v) is 8.58. The maximum Gasteiger partial charge on any atom is 0.0769 e. The minimum absolute atomic E-state index is 0.660. The van der Waals surface area contributed by atoms with Gasteiger partial charge in [-0.1, -0.05) is 72.3 Å². The van der Waals surface area contributed by atoms with Crippen molar-refractivity contribution in [1.29, 1.82) is 0 Å². The van der Waals surface area contributed by atoms with Crippen LogP contribution < -0.4 is 0 Å². The molecule has 0 saturated carbocycles. The van der Waals surface area contributed by atoms with E-state index in [0.29, 0.717) is 39.3 Å². The molecule has 7 rings (SSSR count). The molecule has 0 amide bonds. The molecule has 0 saturated heterocycles. The average Bonchev–Trinajstić information content (AvgIpc) is 3.11. The summed E-state index contributed by atoms with van der Waals surface area (Å²) >= 11 is 7.20. The molecule has 0 bridgehead atoms. The molecule has 0 radical (unpaired) electrons. The van der Waals surface area contributed by atoms with Crippen LogP contribution in [0.1, 0.15) is 33.9 Å². The molecule has 5 heterocycles. The number of hydrogen-bond donors (Lipinski definition) is 0. The van der Waals surface area contributed by atoms with Gasteiger partial charge in [0.25, 0.3) is 0 Å². The summed E-state index contributed by atoms with van der Waals surface area (Å²) in [4.78, 5) is 28.5. The van der Waals surface area contributed by atoms with Crippen LogP contribution in [0.3, 0.4) is 0 Å². The molecular formula is C39H34ClN7. The number of pyridine rings is 5. The smallest absolute Gasteiger partial charge is 0.0769 e. The van der Waals surface area contributed by atoms with Crippen LogP contribution in [0.15, 0.2) is 134 Å². The zero-order valence-electron chi connectivity index (χ0n) is 26.0. The Kier molecular flexibility index (Phi) is 9.47. The SMILES string of the molecule is Clc1c2cccc(CN(Cc3ccccn3)Cc3ccccn3)c2nc2c(CN(Cc3ccccn3)Cc3ccccn3)cccc12. The topological polar surface area (TPSA) is 70.9 Å². The number of benzene rings is 2. The van der Waals surface area contributed by atoms with E-state index in [2.05, 4.69) is 90.4 Å². The molecule has 0 N–H and O–H groups in total. The van der Waals surface area contributed by atoms with Gasteiger partial charge in [0.2, 0.25) is 0 Å². The summed E-state index contributed by atoms with van der Waals surface area (Å²) in [6, 6.07) is 36.7. The van der Waals surface area contributed by atoms with Crippen molar-refractivity contribution < 1.29 is 0 Å². The number of para-hydroxylation sites is 2. The summed E-state index contributed by atoms with van der Waals surface area (Å²) in [5, 5.41) is 2.61. The third-order valence-electron chi connectivity index (χ3n) is 8.17. The molecule has 0 atom stereocenters. The van der Waals surface area contributed by atoms with E-state index in [1.165, 1.54) is 0 Å². The maximum absolute atomic E-state index is 7.20. The van der Waals surface area contributed by atoms with Crippen LogP contribution in [0.5, 0.6) is 0 Å². The minimum atomic E-state index is 0.660. The highest BCUT2D eigenvalue weighted by Gasteiger charge is 2.18. The van der Waals surface area contributed by atoms with Crippen LogP contribution >= 0.6 is 11.6 Å². The maximum atomic E-state index is 7.20. The van der Waals surface area contributed by atoms with E-state index < -0.39 is 0 Å². The predicted molar refractivity (Wildman–Crippen MR) is 187 cm³/mol. The van der Waals surface area contributed by atoms with Gasteiger partial charge >= 0.3 is 0 Å². The lowest BCUT2D eigenvalue weighted by molar-refractivity contribution is 0.242. The van der Waals surface area contributed by atoms with Crippen molar-refractivity contribution >= 4 is 33.4 Å². The van der Waals surface area contributed by atoms with Crippen molar-refractivity contribution in [3.05, 3.63) is 173 Å². The molecule has 232 valence electrons. The Bertz CT molecular complexity index is 1830. The fourth-order valence-corrected chi connectivity index (χ4v) is 6.32. The Labute approximate surface area is 279 Å². The van der Waals surface area contributed by atoms with Gasteiger partial charge < -0.3 is 0 Å². The minimum Gasteiger partial charge on any atom is -0.287 e. The summed E-state index contributed by atoms with van der Waals surface area (Å²) in [7, 11) is 0. The summed E-state index contributed by atoms with van der Waals surface area (Å²) in [5.74, 6) is 0. The Morgan fingerprint density at radius 3 is 1.09 bits per heavy atom. The Balaban J connectivity index is 1.26. The normalized spacial score (nSPS) is 11.6. The zero-order chi connectivity index (χ0) is 31.8. The molecule has 0 unspecified atom stereocenters. The molecule has 0 aliphatic carbocycles. The first kappa shape index (κ1) is 30.6. The van der Waals surface area contributed by atoms with Gasteiger partial charge in [-0.2, -0.15) is 0 Å². The Morgan fingerprint density at radius 2 is 0.766 bits per heavy atom. The molecule has 8 heteroatoms. The number of nitrogens with zero attached hydrogens (tertiary/aromatic N) is 7. The number of aromatic nitrogens is 5. The standard InChI is InChI=1S/C39H34ClN7/c40-37-35-17-9-11-29(23-46(25-31-13-1-5-19-41-31)26-32-14-2-6-20-42-32)38(35)45-39-30(12-10-18-36(37)39)24-47(27-33-15-3-7-21-43-33)28-34-16-4-8-22-44-34/h1-22H,23-28H2. The lowest BCUT2D eigenvalue weighted by Crippen LogP contribution is -2.24. The van der Waals surface area contributed by atoms with Crippen LogP contribution in [0, 0.1) is 0 Å². The van der Waals surface area contributed by atoms with E-state index in [-0.39, 0.29) is 0 Å². The first-order valence-electron chi connectivity index (χ1n) is 15.7. The third kappa shape index (κ3) is 7.50. The second-order valence-electron chi connectivity index (χ2n) is 11.6. The summed E-state index contributed by atoms with van der Waals surface area (Å²) < 4.78 is 0. The summed E-state index contributed by atoms with van der Waals surface area (Å²) in [5.41, 5.74) is 8.03. The van der Waals surface area contributed by atoms with E-state index in [9.17, 15) is 0 Å². The molecule has 0 aliphatic rings. The summed E-state index contributed by atoms with van der Waals surface area (Å²) in [6.07, 6.45) is 7.36. The average molecular weight is 636 g/mol.